The van der Waals surface area contributed by atoms with Gasteiger partial charge in [0.1, 0.15) is 11.6 Å². The third-order valence-corrected chi connectivity index (χ3v) is 3.10. The summed E-state index contributed by atoms with van der Waals surface area (Å²) in [6, 6.07) is 3.91. The molecule has 0 saturated heterocycles. The van der Waals surface area contributed by atoms with Crippen LogP contribution in [0.2, 0.25) is 0 Å². The Bertz CT molecular complexity index is 461. The second kappa shape index (κ2) is 5.25. The second-order valence-electron chi connectivity index (χ2n) is 4.15. The third kappa shape index (κ3) is 3.51. The molecule has 17 heavy (non-hydrogen) atoms. The summed E-state index contributed by atoms with van der Waals surface area (Å²) in [6.07, 6.45) is 0. The number of nitrogen functional groups attached to an aromatic ring is 1. The summed E-state index contributed by atoms with van der Waals surface area (Å²) >= 11 is 1.71. The predicted octanol–water partition coefficient (Wildman–Crippen LogP) is 2.06. The average Bonchev–Trinajstić information content (AvgIpc) is 2.67. The zero-order chi connectivity index (χ0) is 12.3. The van der Waals surface area contributed by atoms with Crippen molar-refractivity contribution in [1.29, 1.82) is 0 Å². The molecule has 0 atom stereocenters. The van der Waals surface area contributed by atoms with Gasteiger partial charge in [0.25, 0.3) is 0 Å². The lowest BCUT2D eigenvalue weighted by Gasteiger charge is -2.15. The molecule has 0 radical (unpaired) electrons. The van der Waals surface area contributed by atoms with E-state index in [0.29, 0.717) is 12.4 Å². The van der Waals surface area contributed by atoms with Gasteiger partial charge in [0, 0.05) is 18.3 Å². The van der Waals surface area contributed by atoms with Crippen molar-refractivity contribution in [3.8, 4) is 0 Å². The minimum absolute atomic E-state index is 0.538. The average molecular weight is 248 g/mol. The Morgan fingerprint density at radius 2 is 2.18 bits per heavy atom. The Kier molecular flexibility index (Phi) is 3.71. The first-order valence-electron chi connectivity index (χ1n) is 5.43. The maximum atomic E-state index is 5.70. The van der Waals surface area contributed by atoms with E-state index in [1.165, 1.54) is 5.56 Å². The van der Waals surface area contributed by atoms with Crippen LogP contribution in [0.4, 0.5) is 5.82 Å². The van der Waals surface area contributed by atoms with Crippen LogP contribution in [0.5, 0.6) is 0 Å². The topological polar surface area (TPSA) is 55.0 Å². The fraction of sp³-hybridized carbons (Fsp3) is 0.333. The van der Waals surface area contributed by atoms with E-state index in [1.54, 1.807) is 17.4 Å². The SMILES string of the molecule is Cc1cc(N)nc(CN(C)Cc2ccsc2)n1. The molecule has 2 aromatic rings. The molecule has 0 aliphatic heterocycles. The molecule has 4 nitrogen and oxygen atoms in total. The number of aryl methyl sites for hydroxylation is 1. The van der Waals surface area contributed by atoms with Gasteiger partial charge in [-0.15, -0.1) is 0 Å². The predicted molar refractivity (Wildman–Crippen MR) is 70.7 cm³/mol. The molecule has 0 bridgehead atoms. The van der Waals surface area contributed by atoms with Gasteiger partial charge in [-0.2, -0.15) is 11.3 Å². The van der Waals surface area contributed by atoms with Gasteiger partial charge in [0.05, 0.1) is 6.54 Å². The Hall–Kier alpha value is -1.46. The number of hydrogen-bond donors (Lipinski definition) is 1. The van der Waals surface area contributed by atoms with Crippen LogP contribution in [0.3, 0.4) is 0 Å². The van der Waals surface area contributed by atoms with Gasteiger partial charge in [0.2, 0.25) is 0 Å². The van der Waals surface area contributed by atoms with Gasteiger partial charge in [-0.1, -0.05) is 0 Å². The van der Waals surface area contributed by atoms with Crippen LogP contribution in [0, 0.1) is 6.92 Å². The van der Waals surface area contributed by atoms with Crippen molar-refractivity contribution in [3.05, 3.63) is 40.0 Å². The summed E-state index contributed by atoms with van der Waals surface area (Å²) in [4.78, 5) is 10.8. The number of anilines is 1. The van der Waals surface area contributed by atoms with Crippen LogP contribution in [-0.4, -0.2) is 21.9 Å². The fourth-order valence-corrected chi connectivity index (χ4v) is 2.38. The second-order valence-corrected chi connectivity index (χ2v) is 4.93. The highest BCUT2D eigenvalue weighted by Gasteiger charge is 2.05. The van der Waals surface area contributed by atoms with Crippen LogP contribution < -0.4 is 5.73 Å². The zero-order valence-corrected chi connectivity index (χ0v) is 10.9. The first kappa shape index (κ1) is 12.0. The van der Waals surface area contributed by atoms with E-state index in [1.807, 2.05) is 6.92 Å². The molecule has 2 heterocycles. The van der Waals surface area contributed by atoms with Crippen molar-refractivity contribution in [1.82, 2.24) is 14.9 Å². The van der Waals surface area contributed by atoms with E-state index in [2.05, 4.69) is 38.7 Å². The van der Waals surface area contributed by atoms with Gasteiger partial charge >= 0.3 is 0 Å². The van der Waals surface area contributed by atoms with Crippen molar-refractivity contribution >= 4 is 17.2 Å². The van der Waals surface area contributed by atoms with Crippen molar-refractivity contribution in [2.75, 3.05) is 12.8 Å². The molecule has 0 amide bonds. The van der Waals surface area contributed by atoms with Gasteiger partial charge < -0.3 is 5.73 Å². The summed E-state index contributed by atoms with van der Waals surface area (Å²) in [6.45, 7) is 3.54. The van der Waals surface area contributed by atoms with Gasteiger partial charge in [-0.3, -0.25) is 4.90 Å². The highest BCUT2D eigenvalue weighted by molar-refractivity contribution is 7.07. The number of nitrogens with zero attached hydrogens (tertiary/aromatic N) is 3. The van der Waals surface area contributed by atoms with Crippen molar-refractivity contribution in [2.24, 2.45) is 0 Å². The molecule has 2 rings (SSSR count). The summed E-state index contributed by atoms with van der Waals surface area (Å²) < 4.78 is 0. The molecule has 0 unspecified atom stereocenters. The van der Waals surface area contributed by atoms with Crippen LogP contribution >= 0.6 is 11.3 Å². The molecule has 0 fully saturated rings. The molecule has 0 aliphatic carbocycles. The lowest BCUT2D eigenvalue weighted by Crippen LogP contribution is -2.19. The number of thiophene rings is 1. The highest BCUT2D eigenvalue weighted by atomic mass is 32.1. The molecular formula is C12H16N4S. The minimum atomic E-state index is 0.538. The van der Waals surface area contributed by atoms with Crippen molar-refractivity contribution in [2.45, 2.75) is 20.0 Å². The first-order chi connectivity index (χ1) is 8.13. The van der Waals surface area contributed by atoms with Gasteiger partial charge in [0.15, 0.2) is 0 Å². The van der Waals surface area contributed by atoms with Crippen LogP contribution in [-0.2, 0) is 13.1 Å². The van der Waals surface area contributed by atoms with E-state index in [-0.39, 0.29) is 0 Å². The summed E-state index contributed by atoms with van der Waals surface area (Å²) in [5.74, 6) is 1.32. The standard InChI is InChI=1S/C12H16N4S/c1-9-5-11(13)15-12(14-9)7-16(2)6-10-3-4-17-8-10/h3-5,8H,6-7H2,1-2H3,(H2,13,14,15). The normalized spacial score (nSPS) is 11.0. The molecular weight excluding hydrogens is 232 g/mol. The molecule has 2 N–H and O–H groups in total. The van der Waals surface area contributed by atoms with Crippen LogP contribution in [0.15, 0.2) is 22.9 Å². The monoisotopic (exact) mass is 248 g/mol. The van der Waals surface area contributed by atoms with Crippen molar-refractivity contribution < 1.29 is 0 Å². The lowest BCUT2D eigenvalue weighted by atomic mass is 10.3. The van der Waals surface area contributed by atoms with Crippen molar-refractivity contribution in [3.63, 3.8) is 0 Å². The maximum absolute atomic E-state index is 5.70. The smallest absolute Gasteiger partial charge is 0.144 e. The van der Waals surface area contributed by atoms with Gasteiger partial charge in [-0.05, 0) is 36.4 Å². The van der Waals surface area contributed by atoms with Crippen LogP contribution in [0.1, 0.15) is 17.1 Å². The van der Waals surface area contributed by atoms with E-state index in [9.17, 15) is 0 Å². The molecule has 0 aromatic carbocycles. The first-order valence-corrected chi connectivity index (χ1v) is 6.37. The largest absolute Gasteiger partial charge is 0.384 e. The number of rotatable bonds is 4. The van der Waals surface area contributed by atoms with E-state index >= 15 is 0 Å². The maximum Gasteiger partial charge on any atom is 0.144 e. The fourth-order valence-electron chi connectivity index (χ4n) is 1.72. The number of hydrogen-bond acceptors (Lipinski definition) is 5. The summed E-state index contributed by atoms with van der Waals surface area (Å²) in [5, 5.41) is 4.24. The lowest BCUT2D eigenvalue weighted by molar-refractivity contribution is 0.311. The number of nitrogens with two attached hydrogens (primary N) is 1. The molecule has 90 valence electrons. The molecule has 0 aliphatic rings. The Morgan fingerprint density at radius 3 is 2.82 bits per heavy atom. The molecule has 0 saturated carbocycles. The minimum Gasteiger partial charge on any atom is -0.384 e. The zero-order valence-electron chi connectivity index (χ0n) is 10.1. The summed E-state index contributed by atoms with van der Waals surface area (Å²) in [7, 11) is 2.06. The highest BCUT2D eigenvalue weighted by Crippen LogP contribution is 2.10. The Balaban J connectivity index is 2.00. The van der Waals surface area contributed by atoms with E-state index < -0.39 is 0 Å². The summed E-state index contributed by atoms with van der Waals surface area (Å²) in [5.41, 5.74) is 7.93. The molecule has 5 heteroatoms. The Labute approximate surface area is 105 Å². The Morgan fingerprint density at radius 1 is 1.35 bits per heavy atom. The number of aromatic nitrogens is 2. The van der Waals surface area contributed by atoms with E-state index in [0.717, 1.165) is 18.1 Å². The van der Waals surface area contributed by atoms with Gasteiger partial charge in [-0.25, -0.2) is 9.97 Å². The molecule has 0 spiro atoms. The molecule has 2 aromatic heterocycles. The van der Waals surface area contributed by atoms with E-state index in [4.69, 9.17) is 5.73 Å². The quantitative estimate of drug-likeness (QED) is 0.900. The van der Waals surface area contributed by atoms with Crippen LogP contribution in [0.25, 0.3) is 0 Å². The third-order valence-electron chi connectivity index (χ3n) is 2.36.